The molecule has 4 nitrogen and oxygen atoms in total. The van der Waals surface area contributed by atoms with Crippen LogP contribution in [-0.2, 0) is 11.3 Å². The second-order valence-corrected chi connectivity index (χ2v) is 4.93. The van der Waals surface area contributed by atoms with E-state index in [2.05, 4.69) is 18.7 Å². The number of ether oxygens (including phenoxy) is 1. The predicted octanol–water partition coefficient (Wildman–Crippen LogP) is 3.60. The highest BCUT2D eigenvalue weighted by Gasteiger charge is 2.15. The highest BCUT2D eigenvalue weighted by Crippen LogP contribution is 2.21. The SMILES string of the molecule is CCN(CC)c1ccccc1C(=O)OCc1ccc(O)cc1. The minimum atomic E-state index is -0.337. The lowest BCUT2D eigenvalue weighted by Crippen LogP contribution is -2.24. The zero-order chi connectivity index (χ0) is 15.9. The van der Waals surface area contributed by atoms with E-state index in [1.807, 2.05) is 18.2 Å². The molecule has 0 radical (unpaired) electrons. The summed E-state index contributed by atoms with van der Waals surface area (Å²) in [5.74, 6) is -0.141. The summed E-state index contributed by atoms with van der Waals surface area (Å²) in [7, 11) is 0. The number of carbonyl (C=O) groups excluding carboxylic acids is 1. The van der Waals surface area contributed by atoms with Crippen molar-refractivity contribution in [2.75, 3.05) is 18.0 Å². The Hall–Kier alpha value is -2.49. The van der Waals surface area contributed by atoms with Crippen LogP contribution in [0.4, 0.5) is 5.69 Å². The van der Waals surface area contributed by atoms with Crippen molar-refractivity contribution < 1.29 is 14.6 Å². The van der Waals surface area contributed by atoms with Gasteiger partial charge in [0.1, 0.15) is 12.4 Å². The quantitative estimate of drug-likeness (QED) is 0.828. The maximum Gasteiger partial charge on any atom is 0.340 e. The molecule has 0 spiro atoms. The van der Waals surface area contributed by atoms with Crippen LogP contribution in [-0.4, -0.2) is 24.2 Å². The van der Waals surface area contributed by atoms with Crippen molar-refractivity contribution >= 4 is 11.7 Å². The number of esters is 1. The zero-order valence-electron chi connectivity index (χ0n) is 13.0. The lowest BCUT2D eigenvalue weighted by molar-refractivity contribution is 0.0473. The molecule has 2 rings (SSSR count). The third kappa shape index (κ3) is 3.79. The predicted molar refractivity (Wildman–Crippen MR) is 87.2 cm³/mol. The summed E-state index contributed by atoms with van der Waals surface area (Å²) >= 11 is 0. The molecule has 4 heteroatoms. The number of hydrogen-bond donors (Lipinski definition) is 1. The van der Waals surface area contributed by atoms with Crippen LogP contribution < -0.4 is 4.90 Å². The van der Waals surface area contributed by atoms with E-state index in [-0.39, 0.29) is 18.3 Å². The molecule has 0 unspecified atom stereocenters. The molecule has 22 heavy (non-hydrogen) atoms. The van der Waals surface area contributed by atoms with E-state index < -0.39 is 0 Å². The van der Waals surface area contributed by atoms with Gasteiger partial charge in [-0.2, -0.15) is 0 Å². The van der Waals surface area contributed by atoms with Gasteiger partial charge in [-0.1, -0.05) is 24.3 Å². The van der Waals surface area contributed by atoms with Crippen molar-refractivity contribution in [1.29, 1.82) is 0 Å². The lowest BCUT2D eigenvalue weighted by Gasteiger charge is -2.23. The molecule has 0 aromatic heterocycles. The van der Waals surface area contributed by atoms with Gasteiger partial charge in [-0.05, 0) is 43.7 Å². The average molecular weight is 299 g/mol. The van der Waals surface area contributed by atoms with Crippen LogP contribution in [0.15, 0.2) is 48.5 Å². The minimum absolute atomic E-state index is 0.186. The van der Waals surface area contributed by atoms with Crippen LogP contribution in [0, 0.1) is 0 Å². The van der Waals surface area contributed by atoms with Crippen LogP contribution in [0.3, 0.4) is 0 Å². The van der Waals surface area contributed by atoms with Crippen molar-refractivity contribution in [3.8, 4) is 5.75 Å². The molecule has 0 aliphatic heterocycles. The highest BCUT2D eigenvalue weighted by atomic mass is 16.5. The molecule has 2 aromatic rings. The van der Waals surface area contributed by atoms with Crippen LogP contribution in [0.1, 0.15) is 29.8 Å². The number of para-hydroxylation sites is 1. The van der Waals surface area contributed by atoms with Crippen molar-refractivity contribution in [2.45, 2.75) is 20.5 Å². The molecule has 0 aliphatic rings. The van der Waals surface area contributed by atoms with Gasteiger partial charge in [-0.15, -0.1) is 0 Å². The zero-order valence-corrected chi connectivity index (χ0v) is 13.0. The average Bonchev–Trinajstić information content (AvgIpc) is 2.56. The van der Waals surface area contributed by atoms with Crippen LogP contribution in [0.5, 0.6) is 5.75 Å². The van der Waals surface area contributed by atoms with Gasteiger partial charge in [0.15, 0.2) is 0 Å². The summed E-state index contributed by atoms with van der Waals surface area (Å²) in [4.78, 5) is 14.5. The van der Waals surface area contributed by atoms with Gasteiger partial charge in [0, 0.05) is 13.1 Å². The Morgan fingerprint density at radius 3 is 2.32 bits per heavy atom. The Kier molecular flexibility index (Phi) is 5.42. The maximum atomic E-state index is 12.3. The molecular formula is C18H21NO3. The Bertz CT molecular complexity index is 618. The fourth-order valence-corrected chi connectivity index (χ4v) is 2.31. The first kappa shape index (κ1) is 15.9. The molecule has 0 heterocycles. The van der Waals surface area contributed by atoms with Crippen LogP contribution >= 0.6 is 0 Å². The van der Waals surface area contributed by atoms with Crippen molar-refractivity contribution in [3.63, 3.8) is 0 Å². The standard InChI is InChI=1S/C18H21NO3/c1-3-19(4-2)17-8-6-5-7-16(17)18(21)22-13-14-9-11-15(20)12-10-14/h5-12,20H,3-4,13H2,1-2H3. The third-order valence-corrected chi connectivity index (χ3v) is 3.53. The van der Waals surface area contributed by atoms with Crippen LogP contribution in [0.2, 0.25) is 0 Å². The smallest absolute Gasteiger partial charge is 0.340 e. The molecule has 116 valence electrons. The number of carbonyl (C=O) groups is 1. The summed E-state index contributed by atoms with van der Waals surface area (Å²) in [6, 6.07) is 14.1. The summed E-state index contributed by atoms with van der Waals surface area (Å²) in [6.45, 7) is 5.97. The molecule has 0 aliphatic carbocycles. The summed E-state index contributed by atoms with van der Waals surface area (Å²) in [6.07, 6.45) is 0. The van der Waals surface area contributed by atoms with Gasteiger partial charge in [-0.3, -0.25) is 0 Å². The van der Waals surface area contributed by atoms with Crippen LogP contribution in [0.25, 0.3) is 0 Å². The van der Waals surface area contributed by atoms with Crippen molar-refractivity contribution in [1.82, 2.24) is 0 Å². The first-order chi connectivity index (χ1) is 10.7. The second-order valence-electron chi connectivity index (χ2n) is 4.93. The van der Waals surface area contributed by atoms with E-state index in [9.17, 15) is 9.90 Å². The van der Waals surface area contributed by atoms with Crippen molar-refractivity contribution in [3.05, 3.63) is 59.7 Å². The highest BCUT2D eigenvalue weighted by molar-refractivity contribution is 5.95. The normalized spacial score (nSPS) is 10.3. The van der Waals surface area contributed by atoms with E-state index in [0.717, 1.165) is 24.3 Å². The van der Waals surface area contributed by atoms with Gasteiger partial charge >= 0.3 is 5.97 Å². The number of hydrogen-bond acceptors (Lipinski definition) is 4. The number of aromatic hydroxyl groups is 1. The first-order valence-electron chi connectivity index (χ1n) is 7.44. The van der Waals surface area contributed by atoms with Gasteiger partial charge in [0.2, 0.25) is 0 Å². The Morgan fingerprint density at radius 1 is 1.05 bits per heavy atom. The fourth-order valence-electron chi connectivity index (χ4n) is 2.31. The number of phenolic OH excluding ortho intramolecular Hbond substituents is 1. The molecule has 0 atom stereocenters. The monoisotopic (exact) mass is 299 g/mol. The number of anilines is 1. The van der Waals surface area contributed by atoms with E-state index >= 15 is 0 Å². The van der Waals surface area contributed by atoms with E-state index in [4.69, 9.17) is 4.74 Å². The van der Waals surface area contributed by atoms with E-state index in [0.29, 0.717) is 5.56 Å². The molecule has 0 fully saturated rings. The summed E-state index contributed by atoms with van der Waals surface area (Å²) in [5.41, 5.74) is 2.31. The summed E-state index contributed by atoms with van der Waals surface area (Å²) in [5, 5.41) is 9.25. The fraction of sp³-hybridized carbons (Fsp3) is 0.278. The Balaban J connectivity index is 2.11. The molecule has 0 saturated heterocycles. The van der Waals surface area contributed by atoms with E-state index in [1.54, 1.807) is 30.3 Å². The molecular weight excluding hydrogens is 278 g/mol. The minimum Gasteiger partial charge on any atom is -0.508 e. The molecule has 0 amide bonds. The maximum absolute atomic E-state index is 12.3. The number of rotatable bonds is 6. The topological polar surface area (TPSA) is 49.8 Å². The second kappa shape index (κ2) is 7.50. The largest absolute Gasteiger partial charge is 0.508 e. The molecule has 2 aromatic carbocycles. The third-order valence-electron chi connectivity index (χ3n) is 3.53. The van der Waals surface area contributed by atoms with Gasteiger partial charge in [-0.25, -0.2) is 4.79 Å². The summed E-state index contributed by atoms with van der Waals surface area (Å²) < 4.78 is 5.39. The lowest BCUT2D eigenvalue weighted by atomic mass is 10.1. The first-order valence-corrected chi connectivity index (χ1v) is 7.44. The molecule has 0 bridgehead atoms. The molecule has 0 saturated carbocycles. The van der Waals surface area contributed by atoms with Gasteiger partial charge < -0.3 is 14.7 Å². The molecule has 1 N–H and O–H groups in total. The number of nitrogens with zero attached hydrogens (tertiary/aromatic N) is 1. The van der Waals surface area contributed by atoms with Gasteiger partial charge in [0.25, 0.3) is 0 Å². The Labute approximate surface area is 131 Å². The number of phenols is 1. The number of benzene rings is 2. The Morgan fingerprint density at radius 2 is 1.68 bits per heavy atom. The van der Waals surface area contributed by atoms with E-state index in [1.165, 1.54) is 0 Å². The van der Waals surface area contributed by atoms with Crippen molar-refractivity contribution in [2.24, 2.45) is 0 Å². The van der Waals surface area contributed by atoms with Gasteiger partial charge in [0.05, 0.1) is 11.3 Å².